The first-order chi connectivity index (χ1) is 27.3. The highest BCUT2D eigenvalue weighted by Gasteiger charge is 2.43. The molecular weight excluding hydrogens is 675 g/mol. The molecule has 0 aliphatic carbocycles. The number of pyridine rings is 2. The lowest BCUT2D eigenvalue weighted by molar-refractivity contribution is 0.465. The van der Waals surface area contributed by atoms with Gasteiger partial charge in [-0.3, -0.25) is 9.80 Å². The van der Waals surface area contributed by atoms with Crippen LogP contribution in [0, 0.1) is 0 Å². The van der Waals surface area contributed by atoms with Crippen molar-refractivity contribution in [1.29, 1.82) is 0 Å². The molecule has 55 heavy (non-hydrogen) atoms. The number of anilines is 6. The molecule has 2 aliphatic rings. The molecule has 258 valence electrons. The van der Waals surface area contributed by atoms with E-state index in [1.54, 1.807) is 0 Å². The van der Waals surface area contributed by atoms with Gasteiger partial charge < -0.3 is 9.47 Å². The van der Waals surface area contributed by atoms with E-state index in [0.29, 0.717) is 0 Å². The molecule has 2 aliphatic heterocycles. The normalized spacial score (nSPS) is 12.3. The number of ether oxygens (including phenoxy) is 2. The Morgan fingerprint density at radius 2 is 0.782 bits per heavy atom. The molecular formula is C48H31BN4O2. The molecule has 11 rings (SSSR count). The number of nitrogens with zero attached hydrogens (tertiary/aromatic N) is 4. The number of fused-ring (bicyclic) bond motifs is 8. The fourth-order valence-corrected chi connectivity index (χ4v) is 8.41. The van der Waals surface area contributed by atoms with Gasteiger partial charge in [0.1, 0.15) is 34.6 Å². The molecule has 0 unspecified atom stereocenters. The van der Waals surface area contributed by atoms with Crippen LogP contribution in [0.25, 0.3) is 21.5 Å². The summed E-state index contributed by atoms with van der Waals surface area (Å²) in [5.74, 6) is 4.84. The zero-order chi connectivity index (χ0) is 36.3. The minimum absolute atomic E-state index is 0.170. The molecule has 6 nitrogen and oxygen atoms in total. The van der Waals surface area contributed by atoms with Crippen molar-refractivity contribution in [3.63, 3.8) is 0 Å². The minimum atomic E-state index is -0.170. The number of hydrogen-bond donors (Lipinski definition) is 0. The second kappa shape index (κ2) is 12.6. The van der Waals surface area contributed by atoms with Crippen LogP contribution in [0.5, 0.6) is 23.0 Å². The van der Waals surface area contributed by atoms with E-state index in [9.17, 15) is 0 Å². The first kappa shape index (κ1) is 31.2. The Morgan fingerprint density at radius 3 is 1.22 bits per heavy atom. The summed E-state index contributed by atoms with van der Waals surface area (Å²) in [5.41, 5.74) is 7.25. The summed E-state index contributed by atoms with van der Waals surface area (Å²) in [6.07, 6.45) is 3.68. The first-order valence-electron chi connectivity index (χ1n) is 18.4. The smallest absolute Gasteiger partial charge is 0.262 e. The molecule has 2 aromatic heterocycles. The van der Waals surface area contributed by atoms with Crippen LogP contribution in [-0.2, 0) is 0 Å². The second-order valence-electron chi connectivity index (χ2n) is 13.7. The van der Waals surface area contributed by atoms with Gasteiger partial charge in [-0.05, 0) is 82.4 Å². The molecule has 0 spiro atoms. The van der Waals surface area contributed by atoms with Gasteiger partial charge in [0.05, 0.1) is 11.4 Å². The van der Waals surface area contributed by atoms with Crippen molar-refractivity contribution >= 4 is 79.0 Å². The Balaban J connectivity index is 1.19. The van der Waals surface area contributed by atoms with Crippen LogP contribution >= 0.6 is 0 Å². The van der Waals surface area contributed by atoms with E-state index in [4.69, 9.17) is 19.4 Å². The van der Waals surface area contributed by atoms with E-state index < -0.39 is 0 Å². The van der Waals surface area contributed by atoms with E-state index in [0.717, 1.165) is 95.3 Å². The molecule has 0 atom stereocenters. The standard InChI is InChI=1S/C48H31BN4O2/c1-3-16-32(17-4-1)52(44-26-11-13-28-50-44)38-30-42-46(36-22-9-7-20-34(36)38)49-47-37-23-10-8-21-35(37)39(31-43(47)55-41-25-15-24-40(54-42)48(41)49)53(33-18-5-2-6-19-33)45-27-12-14-29-51-45/h1-31H. The summed E-state index contributed by atoms with van der Waals surface area (Å²) in [4.78, 5) is 14.1. The summed E-state index contributed by atoms with van der Waals surface area (Å²) in [5, 5.41) is 4.41. The maximum atomic E-state index is 6.96. The lowest BCUT2D eigenvalue weighted by Crippen LogP contribution is -2.58. The molecule has 0 N–H and O–H groups in total. The van der Waals surface area contributed by atoms with Gasteiger partial charge in [0, 0.05) is 52.1 Å². The molecule has 0 saturated heterocycles. The average Bonchev–Trinajstić information content (AvgIpc) is 3.25. The molecule has 0 radical (unpaired) electrons. The van der Waals surface area contributed by atoms with Crippen molar-refractivity contribution in [3.05, 3.63) is 188 Å². The highest BCUT2D eigenvalue weighted by molar-refractivity contribution is 7.01. The van der Waals surface area contributed by atoms with Gasteiger partial charge in [0.25, 0.3) is 6.71 Å². The lowest BCUT2D eigenvalue weighted by Gasteiger charge is -2.36. The van der Waals surface area contributed by atoms with Crippen molar-refractivity contribution in [2.75, 3.05) is 9.80 Å². The van der Waals surface area contributed by atoms with Crippen LogP contribution in [0.2, 0.25) is 0 Å². The van der Waals surface area contributed by atoms with Crippen LogP contribution in [-0.4, -0.2) is 16.7 Å². The van der Waals surface area contributed by atoms with Crippen LogP contribution in [0.15, 0.2) is 188 Å². The van der Waals surface area contributed by atoms with E-state index in [-0.39, 0.29) is 6.71 Å². The monoisotopic (exact) mass is 706 g/mol. The quantitative estimate of drug-likeness (QED) is 0.161. The summed E-state index contributed by atoms with van der Waals surface area (Å²) in [6, 6.07) is 60.7. The average molecular weight is 707 g/mol. The maximum absolute atomic E-state index is 6.96. The molecule has 0 fully saturated rings. The predicted octanol–water partition coefficient (Wildman–Crippen LogP) is 10.5. The Kier molecular flexibility index (Phi) is 7.17. The zero-order valence-corrected chi connectivity index (χ0v) is 29.6. The predicted molar refractivity (Wildman–Crippen MR) is 224 cm³/mol. The van der Waals surface area contributed by atoms with E-state index in [1.807, 2.05) is 67.0 Å². The third-order valence-electron chi connectivity index (χ3n) is 10.7. The van der Waals surface area contributed by atoms with Gasteiger partial charge >= 0.3 is 0 Å². The van der Waals surface area contributed by atoms with Crippen molar-refractivity contribution in [3.8, 4) is 23.0 Å². The van der Waals surface area contributed by atoms with Crippen LogP contribution < -0.4 is 35.7 Å². The molecule has 9 aromatic rings. The highest BCUT2D eigenvalue weighted by atomic mass is 16.5. The Morgan fingerprint density at radius 1 is 0.364 bits per heavy atom. The Hall–Kier alpha value is -7.38. The van der Waals surface area contributed by atoms with Crippen LogP contribution in [0.3, 0.4) is 0 Å². The number of para-hydroxylation sites is 2. The molecule has 7 heteroatoms. The van der Waals surface area contributed by atoms with E-state index in [1.165, 1.54) is 0 Å². The number of rotatable bonds is 6. The van der Waals surface area contributed by atoms with E-state index >= 15 is 0 Å². The van der Waals surface area contributed by atoms with Gasteiger partial charge in [-0.1, -0.05) is 103 Å². The Labute approximate surface area is 318 Å². The molecule has 4 heterocycles. The fraction of sp³-hybridized carbons (Fsp3) is 0. The molecule has 0 bridgehead atoms. The largest absolute Gasteiger partial charge is 0.458 e. The number of aromatic nitrogens is 2. The van der Waals surface area contributed by atoms with Gasteiger partial charge in [-0.15, -0.1) is 0 Å². The summed E-state index contributed by atoms with van der Waals surface area (Å²) >= 11 is 0. The van der Waals surface area contributed by atoms with Gasteiger partial charge in [-0.2, -0.15) is 0 Å². The third-order valence-corrected chi connectivity index (χ3v) is 10.7. The zero-order valence-electron chi connectivity index (χ0n) is 29.6. The minimum Gasteiger partial charge on any atom is -0.458 e. The Bertz CT molecular complexity index is 2620. The van der Waals surface area contributed by atoms with Crippen molar-refractivity contribution in [2.45, 2.75) is 0 Å². The lowest BCUT2D eigenvalue weighted by atomic mass is 9.33. The van der Waals surface area contributed by atoms with Crippen molar-refractivity contribution in [2.24, 2.45) is 0 Å². The van der Waals surface area contributed by atoms with Gasteiger partial charge in [0.15, 0.2) is 0 Å². The van der Waals surface area contributed by atoms with Gasteiger partial charge in [0.2, 0.25) is 0 Å². The summed E-state index contributed by atoms with van der Waals surface area (Å²) in [7, 11) is 0. The second-order valence-corrected chi connectivity index (χ2v) is 13.7. The fourth-order valence-electron chi connectivity index (χ4n) is 8.41. The topological polar surface area (TPSA) is 50.7 Å². The van der Waals surface area contributed by atoms with Gasteiger partial charge in [-0.25, -0.2) is 9.97 Å². The third kappa shape index (κ3) is 4.97. The molecule has 0 amide bonds. The van der Waals surface area contributed by atoms with Crippen molar-refractivity contribution in [1.82, 2.24) is 9.97 Å². The summed E-state index contributed by atoms with van der Waals surface area (Å²) in [6.45, 7) is -0.170. The SMILES string of the molecule is c1ccc(N(c2ccccn2)c2cc3c(c4ccccc24)B2c4c(cccc4Oc4cc(N(c5ccccc5)c5ccccn5)c5ccccc5c42)O3)cc1. The maximum Gasteiger partial charge on any atom is 0.262 e. The van der Waals surface area contributed by atoms with E-state index in [2.05, 4.69) is 131 Å². The molecule has 0 saturated carbocycles. The summed E-state index contributed by atoms with van der Waals surface area (Å²) < 4.78 is 13.9. The highest BCUT2D eigenvalue weighted by Crippen LogP contribution is 2.46. The van der Waals surface area contributed by atoms with Crippen LogP contribution in [0.1, 0.15) is 0 Å². The number of benzene rings is 7. The number of hydrogen-bond acceptors (Lipinski definition) is 6. The van der Waals surface area contributed by atoms with Crippen LogP contribution in [0.4, 0.5) is 34.4 Å². The molecule has 7 aromatic carbocycles. The van der Waals surface area contributed by atoms with Crippen molar-refractivity contribution < 1.29 is 9.47 Å². The first-order valence-corrected chi connectivity index (χ1v) is 18.4.